The Balaban J connectivity index is 2.43. The van der Waals surface area contributed by atoms with E-state index in [4.69, 9.17) is 11.6 Å². The van der Waals surface area contributed by atoms with E-state index in [0.29, 0.717) is 0 Å². The molecule has 0 amide bonds. The number of nitrogens with zero attached hydrogens (tertiary/aromatic N) is 1. The van der Waals surface area contributed by atoms with Crippen molar-refractivity contribution < 1.29 is 0 Å². The zero-order valence-corrected chi connectivity index (χ0v) is 13.4. The van der Waals surface area contributed by atoms with Crippen molar-refractivity contribution in [2.24, 2.45) is 5.41 Å². The molecular formula is C16H27ClN2. The SMILES string of the molecule is CCCNCC(C)(C)CN(C)Cc1cccc(Cl)c1. The van der Waals surface area contributed by atoms with E-state index in [2.05, 4.69) is 44.1 Å². The van der Waals surface area contributed by atoms with E-state index in [9.17, 15) is 0 Å². The summed E-state index contributed by atoms with van der Waals surface area (Å²) in [6, 6.07) is 8.11. The summed E-state index contributed by atoms with van der Waals surface area (Å²) in [6.07, 6.45) is 1.19. The van der Waals surface area contributed by atoms with Crippen LogP contribution in [0.1, 0.15) is 32.8 Å². The minimum Gasteiger partial charge on any atom is -0.316 e. The lowest BCUT2D eigenvalue weighted by Crippen LogP contribution is -2.39. The van der Waals surface area contributed by atoms with Gasteiger partial charge in [0.15, 0.2) is 0 Å². The van der Waals surface area contributed by atoms with Crippen molar-refractivity contribution in [1.82, 2.24) is 10.2 Å². The second-order valence-electron chi connectivity index (χ2n) is 6.14. The highest BCUT2D eigenvalue weighted by Gasteiger charge is 2.19. The van der Waals surface area contributed by atoms with Gasteiger partial charge in [-0.1, -0.05) is 44.5 Å². The fraction of sp³-hybridized carbons (Fsp3) is 0.625. The molecule has 0 bridgehead atoms. The summed E-state index contributed by atoms with van der Waals surface area (Å²) < 4.78 is 0. The number of halogens is 1. The molecule has 1 rings (SSSR count). The van der Waals surface area contributed by atoms with Gasteiger partial charge in [0.25, 0.3) is 0 Å². The standard InChI is InChI=1S/C16H27ClN2/c1-5-9-18-12-16(2,3)13-19(4)11-14-7-6-8-15(17)10-14/h6-8,10,18H,5,9,11-13H2,1-4H3. The van der Waals surface area contributed by atoms with Gasteiger partial charge in [0.1, 0.15) is 0 Å². The molecule has 0 heterocycles. The number of hydrogen-bond donors (Lipinski definition) is 1. The molecule has 108 valence electrons. The Kier molecular flexibility index (Phi) is 6.84. The van der Waals surface area contributed by atoms with Gasteiger partial charge in [0.05, 0.1) is 0 Å². The van der Waals surface area contributed by atoms with Gasteiger partial charge in [0, 0.05) is 24.7 Å². The zero-order valence-electron chi connectivity index (χ0n) is 12.7. The van der Waals surface area contributed by atoms with Gasteiger partial charge in [-0.2, -0.15) is 0 Å². The number of rotatable bonds is 8. The molecule has 0 fully saturated rings. The lowest BCUT2D eigenvalue weighted by Gasteiger charge is -2.30. The van der Waals surface area contributed by atoms with E-state index in [1.165, 1.54) is 12.0 Å². The van der Waals surface area contributed by atoms with Crippen molar-refractivity contribution in [3.05, 3.63) is 34.9 Å². The van der Waals surface area contributed by atoms with Crippen LogP contribution in [-0.2, 0) is 6.54 Å². The lowest BCUT2D eigenvalue weighted by molar-refractivity contribution is 0.199. The molecule has 2 nitrogen and oxygen atoms in total. The quantitative estimate of drug-likeness (QED) is 0.730. The van der Waals surface area contributed by atoms with Crippen molar-refractivity contribution in [3.8, 4) is 0 Å². The zero-order chi connectivity index (χ0) is 14.3. The first-order chi connectivity index (χ1) is 8.93. The van der Waals surface area contributed by atoms with Crippen molar-refractivity contribution in [1.29, 1.82) is 0 Å². The third kappa shape index (κ3) is 6.95. The minimum absolute atomic E-state index is 0.280. The first-order valence-electron chi connectivity index (χ1n) is 7.06. The molecule has 0 saturated carbocycles. The second kappa shape index (κ2) is 7.88. The maximum atomic E-state index is 6.02. The Labute approximate surface area is 123 Å². The van der Waals surface area contributed by atoms with Crippen LogP contribution in [0.25, 0.3) is 0 Å². The maximum Gasteiger partial charge on any atom is 0.0409 e. The van der Waals surface area contributed by atoms with Crippen LogP contribution in [0, 0.1) is 5.41 Å². The van der Waals surface area contributed by atoms with Crippen LogP contribution in [0.3, 0.4) is 0 Å². The van der Waals surface area contributed by atoms with Crippen LogP contribution >= 0.6 is 11.6 Å². The monoisotopic (exact) mass is 282 g/mol. The van der Waals surface area contributed by atoms with E-state index in [-0.39, 0.29) is 5.41 Å². The van der Waals surface area contributed by atoms with Gasteiger partial charge in [0.2, 0.25) is 0 Å². The topological polar surface area (TPSA) is 15.3 Å². The Morgan fingerprint density at radius 2 is 2.05 bits per heavy atom. The number of hydrogen-bond acceptors (Lipinski definition) is 2. The molecule has 1 aromatic rings. The van der Waals surface area contributed by atoms with Crippen LogP contribution in [0.4, 0.5) is 0 Å². The molecule has 0 aliphatic heterocycles. The van der Waals surface area contributed by atoms with Crippen LogP contribution in [0.2, 0.25) is 5.02 Å². The molecule has 0 spiro atoms. The van der Waals surface area contributed by atoms with E-state index in [1.807, 2.05) is 18.2 Å². The highest BCUT2D eigenvalue weighted by molar-refractivity contribution is 6.30. The average molecular weight is 283 g/mol. The van der Waals surface area contributed by atoms with E-state index in [0.717, 1.165) is 31.2 Å². The van der Waals surface area contributed by atoms with Gasteiger partial charge in [-0.15, -0.1) is 0 Å². The molecule has 1 N–H and O–H groups in total. The third-order valence-corrected chi connectivity index (χ3v) is 3.30. The summed E-state index contributed by atoms with van der Waals surface area (Å²) in [5.41, 5.74) is 1.55. The van der Waals surface area contributed by atoms with Crippen LogP contribution in [0.15, 0.2) is 24.3 Å². The summed E-state index contributed by atoms with van der Waals surface area (Å²) in [4.78, 5) is 2.36. The summed E-state index contributed by atoms with van der Waals surface area (Å²) in [5.74, 6) is 0. The predicted molar refractivity (Wildman–Crippen MR) is 84.7 cm³/mol. The molecule has 3 heteroatoms. The van der Waals surface area contributed by atoms with Gasteiger partial charge in [-0.05, 0) is 43.1 Å². The maximum absolute atomic E-state index is 6.02. The normalized spacial score (nSPS) is 12.1. The Morgan fingerprint density at radius 1 is 1.32 bits per heavy atom. The van der Waals surface area contributed by atoms with Gasteiger partial charge < -0.3 is 10.2 Å². The van der Waals surface area contributed by atoms with E-state index < -0.39 is 0 Å². The van der Waals surface area contributed by atoms with Crippen LogP contribution in [-0.4, -0.2) is 31.6 Å². The first kappa shape index (κ1) is 16.5. The fourth-order valence-corrected chi connectivity index (χ4v) is 2.61. The molecule has 19 heavy (non-hydrogen) atoms. The number of benzene rings is 1. The molecule has 0 saturated heterocycles. The molecule has 0 aliphatic rings. The smallest absolute Gasteiger partial charge is 0.0409 e. The molecule has 0 unspecified atom stereocenters. The predicted octanol–water partition coefficient (Wildman–Crippen LogP) is 3.80. The van der Waals surface area contributed by atoms with Crippen LogP contribution < -0.4 is 5.32 Å². The van der Waals surface area contributed by atoms with E-state index >= 15 is 0 Å². The molecule has 0 aliphatic carbocycles. The highest BCUT2D eigenvalue weighted by Crippen LogP contribution is 2.18. The molecule has 1 aromatic carbocycles. The van der Waals surface area contributed by atoms with Crippen molar-refractivity contribution in [2.75, 3.05) is 26.7 Å². The first-order valence-corrected chi connectivity index (χ1v) is 7.44. The third-order valence-electron chi connectivity index (χ3n) is 3.07. The molecular weight excluding hydrogens is 256 g/mol. The lowest BCUT2D eigenvalue weighted by atomic mass is 9.92. The van der Waals surface area contributed by atoms with Gasteiger partial charge in [-0.3, -0.25) is 0 Å². The highest BCUT2D eigenvalue weighted by atomic mass is 35.5. The Hall–Kier alpha value is -0.570. The Bertz CT molecular complexity index is 377. The summed E-state index contributed by atoms with van der Waals surface area (Å²) in [7, 11) is 2.17. The van der Waals surface area contributed by atoms with Crippen molar-refractivity contribution in [3.63, 3.8) is 0 Å². The fourth-order valence-electron chi connectivity index (χ4n) is 2.39. The van der Waals surface area contributed by atoms with Crippen molar-refractivity contribution in [2.45, 2.75) is 33.7 Å². The van der Waals surface area contributed by atoms with E-state index in [1.54, 1.807) is 0 Å². The average Bonchev–Trinajstić information content (AvgIpc) is 2.27. The molecule has 0 radical (unpaired) electrons. The summed E-state index contributed by atoms with van der Waals surface area (Å²) in [5, 5.41) is 4.32. The van der Waals surface area contributed by atoms with Gasteiger partial charge >= 0.3 is 0 Å². The molecule has 0 atom stereocenters. The largest absolute Gasteiger partial charge is 0.316 e. The molecule has 0 aromatic heterocycles. The Morgan fingerprint density at radius 3 is 2.68 bits per heavy atom. The minimum atomic E-state index is 0.280. The van der Waals surface area contributed by atoms with Crippen molar-refractivity contribution >= 4 is 11.6 Å². The second-order valence-corrected chi connectivity index (χ2v) is 6.58. The number of nitrogens with one attached hydrogen (secondary N) is 1. The summed E-state index contributed by atoms with van der Waals surface area (Å²) >= 11 is 6.02. The van der Waals surface area contributed by atoms with Gasteiger partial charge in [-0.25, -0.2) is 0 Å². The summed E-state index contributed by atoms with van der Waals surface area (Å²) in [6.45, 7) is 11.0. The van der Waals surface area contributed by atoms with Crippen LogP contribution in [0.5, 0.6) is 0 Å².